The zero-order chi connectivity index (χ0) is 20.1. The van der Waals surface area contributed by atoms with Crippen LogP contribution in [0.2, 0.25) is 24.2 Å². The summed E-state index contributed by atoms with van der Waals surface area (Å²) in [5.74, 6) is 1.18. The van der Waals surface area contributed by atoms with Crippen molar-refractivity contribution in [3.8, 4) is 0 Å². The molecular formula is C20H46O3SSi2. The van der Waals surface area contributed by atoms with Crippen LogP contribution in [0.15, 0.2) is 0 Å². The maximum Gasteiger partial charge on any atom is 0.501 e. The second-order valence-corrected chi connectivity index (χ2v) is 19.2. The van der Waals surface area contributed by atoms with Crippen LogP contribution in [-0.2, 0) is 13.3 Å². The van der Waals surface area contributed by atoms with E-state index in [1.54, 1.807) is 0 Å². The molecule has 0 aromatic carbocycles. The Kier molecular flexibility index (Phi) is 14.1. The Balaban J connectivity index is 5.20. The fraction of sp³-hybridized carbons (Fsp3) is 1.00. The van der Waals surface area contributed by atoms with Gasteiger partial charge in [0, 0.05) is 25.9 Å². The van der Waals surface area contributed by atoms with Gasteiger partial charge in [-0.15, -0.1) is 0 Å². The predicted octanol–water partition coefficient (Wildman–Crippen LogP) is 6.97. The van der Waals surface area contributed by atoms with Crippen molar-refractivity contribution < 1.29 is 13.3 Å². The Hall–Kier alpha value is 0.664. The average molecular weight is 423 g/mol. The van der Waals surface area contributed by atoms with E-state index in [9.17, 15) is 0 Å². The Morgan fingerprint density at radius 1 is 0.692 bits per heavy atom. The summed E-state index contributed by atoms with van der Waals surface area (Å²) in [6.07, 6.45) is 3.02. The third-order valence-electron chi connectivity index (χ3n) is 4.98. The van der Waals surface area contributed by atoms with Gasteiger partial charge in [0.1, 0.15) is 7.22 Å². The minimum Gasteiger partial charge on any atom is -0.373 e. The predicted molar refractivity (Wildman–Crippen MR) is 123 cm³/mol. The molecule has 0 aromatic heterocycles. The summed E-state index contributed by atoms with van der Waals surface area (Å²) < 4.78 is 19.0. The summed E-state index contributed by atoms with van der Waals surface area (Å²) in [4.78, 5) is 0. The zero-order valence-electron chi connectivity index (χ0n) is 18.9. The van der Waals surface area contributed by atoms with Crippen LogP contribution in [0.25, 0.3) is 0 Å². The number of hydrogen-bond acceptors (Lipinski definition) is 4. The lowest BCUT2D eigenvalue weighted by atomic mass is 10.00. The summed E-state index contributed by atoms with van der Waals surface area (Å²) in [6.45, 7) is 20.6. The second kappa shape index (κ2) is 13.8. The molecule has 0 aliphatic heterocycles. The highest BCUT2D eigenvalue weighted by molar-refractivity contribution is 8.29. The molecular weight excluding hydrogens is 376 g/mol. The second-order valence-electron chi connectivity index (χ2n) is 8.10. The fourth-order valence-electron chi connectivity index (χ4n) is 3.09. The summed E-state index contributed by atoms with van der Waals surface area (Å²) >= 11 is 2.28. The van der Waals surface area contributed by atoms with Crippen LogP contribution in [0.1, 0.15) is 74.7 Å². The monoisotopic (exact) mass is 422 g/mol. The van der Waals surface area contributed by atoms with Gasteiger partial charge in [-0.3, -0.25) is 0 Å². The molecule has 0 unspecified atom stereocenters. The van der Waals surface area contributed by atoms with Crippen LogP contribution >= 0.6 is 11.2 Å². The normalized spacial score (nSPS) is 13.4. The molecule has 0 aliphatic rings. The molecule has 26 heavy (non-hydrogen) atoms. The molecule has 0 aromatic rings. The molecule has 0 fully saturated rings. The highest BCUT2D eigenvalue weighted by atomic mass is 32.4. The van der Waals surface area contributed by atoms with Crippen molar-refractivity contribution in [2.75, 3.05) is 25.6 Å². The van der Waals surface area contributed by atoms with Gasteiger partial charge in [-0.2, -0.15) is 11.2 Å². The first-order valence-electron chi connectivity index (χ1n) is 10.8. The van der Waals surface area contributed by atoms with Crippen molar-refractivity contribution in [2.24, 2.45) is 5.41 Å². The topological polar surface area (TPSA) is 27.7 Å². The van der Waals surface area contributed by atoms with Crippen molar-refractivity contribution in [3.05, 3.63) is 0 Å². The third kappa shape index (κ3) is 9.74. The van der Waals surface area contributed by atoms with E-state index >= 15 is 0 Å². The Bertz CT molecular complexity index is 320. The molecule has 0 atom stereocenters. The van der Waals surface area contributed by atoms with Crippen LogP contribution in [0.3, 0.4) is 0 Å². The van der Waals surface area contributed by atoms with E-state index in [2.05, 4.69) is 66.6 Å². The van der Waals surface area contributed by atoms with Gasteiger partial charge in [0.2, 0.25) is 0 Å². The first kappa shape index (κ1) is 26.7. The SMILES string of the molecule is CCCO[Si](CC(C)(C)CS[Si](CC)(CC)CC)(OCCC)OCCC. The zero-order valence-corrected chi connectivity index (χ0v) is 21.7. The minimum atomic E-state index is -2.62. The van der Waals surface area contributed by atoms with Crippen molar-refractivity contribution in [3.63, 3.8) is 0 Å². The average Bonchev–Trinajstić information content (AvgIpc) is 2.64. The third-order valence-corrected chi connectivity index (χ3v) is 18.6. The molecule has 0 radical (unpaired) electrons. The van der Waals surface area contributed by atoms with Crippen LogP contribution in [0, 0.1) is 5.41 Å². The number of hydrogen-bond donors (Lipinski definition) is 0. The molecule has 0 spiro atoms. The van der Waals surface area contributed by atoms with Crippen LogP contribution in [-0.4, -0.2) is 41.6 Å². The van der Waals surface area contributed by atoms with Crippen LogP contribution < -0.4 is 0 Å². The highest BCUT2D eigenvalue weighted by Crippen LogP contribution is 2.40. The smallest absolute Gasteiger partial charge is 0.373 e. The van der Waals surface area contributed by atoms with Gasteiger partial charge >= 0.3 is 8.80 Å². The van der Waals surface area contributed by atoms with Crippen molar-refractivity contribution in [1.29, 1.82) is 0 Å². The summed E-state index contributed by atoms with van der Waals surface area (Å²) in [5, 5.41) is 0. The van der Waals surface area contributed by atoms with E-state index in [4.69, 9.17) is 13.3 Å². The maximum absolute atomic E-state index is 6.33. The summed E-state index contributed by atoms with van der Waals surface area (Å²) in [6, 6.07) is 5.03. The number of rotatable bonds is 17. The molecule has 158 valence electrons. The summed E-state index contributed by atoms with van der Waals surface area (Å²) in [5.41, 5.74) is 0.171. The molecule has 0 saturated heterocycles. The first-order chi connectivity index (χ1) is 12.3. The molecule has 0 rings (SSSR count). The Labute approximate surface area is 170 Å². The molecule has 0 saturated carbocycles. The standard InChI is InChI=1S/C20H46O3SSi2/c1-9-15-21-26(22-16-10-2,23-17-11-3)19-20(7,8)18-24-25(12-4,13-5)14-6/h9-19H2,1-8H3. The first-order valence-corrected chi connectivity index (χ1v) is 17.1. The molecule has 0 heterocycles. The lowest BCUT2D eigenvalue weighted by Crippen LogP contribution is -2.50. The van der Waals surface area contributed by atoms with Crippen LogP contribution in [0.4, 0.5) is 0 Å². The molecule has 3 nitrogen and oxygen atoms in total. The van der Waals surface area contributed by atoms with Gasteiger partial charge in [0.15, 0.2) is 0 Å². The van der Waals surface area contributed by atoms with Gasteiger partial charge in [-0.1, -0.05) is 73.5 Å². The Morgan fingerprint density at radius 3 is 1.38 bits per heavy atom. The van der Waals surface area contributed by atoms with Gasteiger partial charge < -0.3 is 13.3 Å². The fourth-order valence-corrected chi connectivity index (χ4v) is 13.5. The lowest BCUT2D eigenvalue weighted by molar-refractivity contribution is 0.0518. The van der Waals surface area contributed by atoms with Crippen molar-refractivity contribution in [1.82, 2.24) is 0 Å². The quantitative estimate of drug-likeness (QED) is 0.236. The van der Waals surface area contributed by atoms with Crippen molar-refractivity contribution >= 4 is 27.2 Å². The molecule has 0 amide bonds. The van der Waals surface area contributed by atoms with Gasteiger partial charge in [0.25, 0.3) is 0 Å². The molecule has 6 heteroatoms. The van der Waals surface area contributed by atoms with Gasteiger partial charge in [0.05, 0.1) is 0 Å². The van der Waals surface area contributed by atoms with Gasteiger partial charge in [-0.25, -0.2) is 0 Å². The van der Waals surface area contributed by atoms with E-state index in [0.717, 1.165) is 45.1 Å². The van der Waals surface area contributed by atoms with Crippen molar-refractivity contribution in [2.45, 2.75) is 98.8 Å². The van der Waals surface area contributed by atoms with E-state index in [-0.39, 0.29) is 5.41 Å². The molecule has 0 bridgehead atoms. The van der Waals surface area contributed by atoms with E-state index in [0.29, 0.717) is 0 Å². The van der Waals surface area contributed by atoms with E-state index in [1.165, 1.54) is 23.9 Å². The minimum absolute atomic E-state index is 0.171. The largest absolute Gasteiger partial charge is 0.501 e. The van der Waals surface area contributed by atoms with Gasteiger partial charge in [-0.05, 0) is 30.4 Å². The highest BCUT2D eigenvalue weighted by Gasteiger charge is 2.46. The Morgan fingerprint density at radius 2 is 1.08 bits per heavy atom. The van der Waals surface area contributed by atoms with Crippen LogP contribution in [0.5, 0.6) is 0 Å². The van der Waals surface area contributed by atoms with E-state index in [1.807, 2.05) is 0 Å². The molecule has 0 N–H and O–H groups in total. The van der Waals surface area contributed by atoms with E-state index < -0.39 is 16.0 Å². The molecule has 0 aliphatic carbocycles. The lowest BCUT2D eigenvalue weighted by Gasteiger charge is -2.38. The maximum atomic E-state index is 6.33. The summed E-state index contributed by atoms with van der Waals surface area (Å²) in [7, 11) is -3.79.